The van der Waals surface area contributed by atoms with E-state index in [1.54, 1.807) is 0 Å². The normalized spacial score (nSPS) is 52.1. The van der Waals surface area contributed by atoms with Gasteiger partial charge in [-0.1, -0.05) is 54.4 Å². The van der Waals surface area contributed by atoms with Crippen molar-refractivity contribution in [2.75, 3.05) is 0 Å². The number of hydrogen-bond acceptors (Lipinski definition) is 0. The van der Waals surface area contributed by atoms with E-state index in [0.29, 0.717) is 5.41 Å². The van der Waals surface area contributed by atoms with Crippen LogP contribution in [0.4, 0.5) is 0 Å². The third kappa shape index (κ3) is 2.89. The molecular formula is C22H40. The van der Waals surface area contributed by atoms with Crippen molar-refractivity contribution in [3.63, 3.8) is 0 Å². The van der Waals surface area contributed by atoms with Gasteiger partial charge in [0.1, 0.15) is 0 Å². The first-order valence-electron chi connectivity index (χ1n) is 10.3. The lowest BCUT2D eigenvalue weighted by molar-refractivity contribution is -0.0806. The highest BCUT2D eigenvalue weighted by atomic mass is 14.6. The predicted molar refractivity (Wildman–Crippen MR) is 96.7 cm³/mol. The molecule has 0 aromatic rings. The summed E-state index contributed by atoms with van der Waals surface area (Å²) in [5.41, 5.74) is 0.588. The molecule has 3 fully saturated rings. The third-order valence-corrected chi connectivity index (χ3v) is 8.29. The molecule has 0 N–H and O–H groups in total. The van der Waals surface area contributed by atoms with Gasteiger partial charge in [0.05, 0.1) is 0 Å². The van der Waals surface area contributed by atoms with E-state index in [2.05, 4.69) is 41.5 Å². The molecule has 0 saturated heterocycles. The van der Waals surface area contributed by atoms with Gasteiger partial charge in [-0.2, -0.15) is 0 Å². The van der Waals surface area contributed by atoms with Gasteiger partial charge in [-0.25, -0.2) is 0 Å². The molecule has 3 saturated carbocycles. The van der Waals surface area contributed by atoms with Gasteiger partial charge in [-0.3, -0.25) is 0 Å². The molecule has 0 amide bonds. The third-order valence-electron chi connectivity index (χ3n) is 8.29. The Labute approximate surface area is 139 Å². The lowest BCUT2D eigenvalue weighted by Crippen LogP contribution is -2.50. The molecule has 0 bridgehead atoms. The summed E-state index contributed by atoms with van der Waals surface area (Å²) in [6.45, 7) is 15.5. The lowest BCUT2D eigenvalue weighted by atomic mass is 9.48. The molecule has 3 rings (SSSR count). The Kier molecular flexibility index (Phi) is 4.70. The summed E-state index contributed by atoms with van der Waals surface area (Å²) in [5, 5.41) is 0. The van der Waals surface area contributed by atoms with Crippen molar-refractivity contribution in [3.05, 3.63) is 0 Å². The number of fused-ring (bicyclic) bond motifs is 1. The first-order valence-corrected chi connectivity index (χ1v) is 10.3. The van der Waals surface area contributed by atoms with Gasteiger partial charge in [0.2, 0.25) is 0 Å². The maximum Gasteiger partial charge on any atom is -0.0320 e. The molecule has 6 unspecified atom stereocenters. The van der Waals surface area contributed by atoms with Crippen LogP contribution in [0.3, 0.4) is 0 Å². The molecule has 0 heterocycles. The van der Waals surface area contributed by atoms with Gasteiger partial charge in [0, 0.05) is 0 Å². The Bertz CT molecular complexity index is 369. The molecule has 0 radical (unpaired) electrons. The van der Waals surface area contributed by atoms with Crippen molar-refractivity contribution < 1.29 is 0 Å². The Morgan fingerprint density at radius 2 is 1.36 bits per heavy atom. The Morgan fingerprint density at radius 3 is 2.00 bits per heavy atom. The molecule has 0 heteroatoms. The molecule has 128 valence electrons. The van der Waals surface area contributed by atoms with Gasteiger partial charge in [0.25, 0.3) is 0 Å². The predicted octanol–water partition coefficient (Wildman–Crippen LogP) is 6.79. The van der Waals surface area contributed by atoms with Crippen LogP contribution in [0.2, 0.25) is 0 Å². The molecule has 0 aromatic heterocycles. The average molecular weight is 305 g/mol. The monoisotopic (exact) mass is 304 g/mol. The Balaban J connectivity index is 1.84. The van der Waals surface area contributed by atoms with Gasteiger partial charge < -0.3 is 0 Å². The van der Waals surface area contributed by atoms with E-state index in [4.69, 9.17) is 0 Å². The first kappa shape index (κ1) is 16.8. The minimum Gasteiger partial charge on any atom is -0.0625 e. The van der Waals surface area contributed by atoms with Crippen LogP contribution >= 0.6 is 0 Å². The van der Waals surface area contributed by atoms with Gasteiger partial charge in [0.15, 0.2) is 0 Å². The summed E-state index contributed by atoms with van der Waals surface area (Å²) in [4.78, 5) is 0. The van der Waals surface area contributed by atoms with Crippen molar-refractivity contribution in [1.29, 1.82) is 0 Å². The molecular weight excluding hydrogens is 264 g/mol. The molecule has 0 nitrogen and oxygen atoms in total. The topological polar surface area (TPSA) is 0 Å². The highest BCUT2D eigenvalue weighted by Crippen LogP contribution is 2.59. The zero-order chi connectivity index (χ0) is 16.1. The molecule has 3 aliphatic rings. The molecule has 0 aromatic carbocycles. The van der Waals surface area contributed by atoms with Crippen LogP contribution in [-0.2, 0) is 0 Å². The molecule has 0 spiro atoms. The van der Waals surface area contributed by atoms with Crippen molar-refractivity contribution in [1.82, 2.24) is 0 Å². The number of hydrogen-bond donors (Lipinski definition) is 0. The van der Waals surface area contributed by atoms with Crippen molar-refractivity contribution in [2.45, 2.75) is 86.5 Å². The lowest BCUT2D eigenvalue weighted by Gasteiger charge is -2.57. The molecule has 22 heavy (non-hydrogen) atoms. The van der Waals surface area contributed by atoms with Crippen LogP contribution in [0.25, 0.3) is 0 Å². The van der Waals surface area contributed by atoms with E-state index in [0.717, 1.165) is 47.3 Å². The molecule has 6 atom stereocenters. The van der Waals surface area contributed by atoms with E-state index < -0.39 is 0 Å². The minimum absolute atomic E-state index is 0.588. The summed E-state index contributed by atoms with van der Waals surface area (Å²) in [5.74, 6) is 7.85. The van der Waals surface area contributed by atoms with Crippen molar-refractivity contribution in [2.24, 2.45) is 52.8 Å². The maximum atomic E-state index is 2.64. The van der Waals surface area contributed by atoms with E-state index in [1.807, 2.05) is 0 Å². The quantitative estimate of drug-likeness (QED) is 0.500. The first-order chi connectivity index (χ1) is 10.3. The molecule has 3 aliphatic carbocycles. The van der Waals surface area contributed by atoms with Crippen LogP contribution in [0.1, 0.15) is 86.5 Å². The largest absolute Gasteiger partial charge is 0.0625 e. The van der Waals surface area contributed by atoms with E-state index in [1.165, 1.54) is 44.9 Å². The van der Waals surface area contributed by atoms with E-state index >= 15 is 0 Å². The maximum absolute atomic E-state index is 2.64. The summed E-state index contributed by atoms with van der Waals surface area (Å²) in [6, 6.07) is 0. The fraction of sp³-hybridized carbons (Fsp3) is 1.00. The van der Waals surface area contributed by atoms with Gasteiger partial charge in [-0.05, 0) is 84.9 Å². The van der Waals surface area contributed by atoms with Crippen molar-refractivity contribution in [3.8, 4) is 0 Å². The second-order valence-corrected chi connectivity index (χ2v) is 10.4. The van der Waals surface area contributed by atoms with E-state index in [-0.39, 0.29) is 0 Å². The summed E-state index contributed by atoms with van der Waals surface area (Å²) >= 11 is 0. The highest BCUT2D eigenvalue weighted by Gasteiger charge is 2.51. The minimum atomic E-state index is 0.588. The van der Waals surface area contributed by atoms with Gasteiger partial charge in [-0.15, -0.1) is 0 Å². The Morgan fingerprint density at radius 1 is 0.773 bits per heavy atom. The highest BCUT2D eigenvalue weighted by molar-refractivity contribution is 5.00. The zero-order valence-corrected chi connectivity index (χ0v) is 16.1. The van der Waals surface area contributed by atoms with Gasteiger partial charge >= 0.3 is 0 Å². The standard InChI is InChI=1S/C22H40/c1-14-11-15(2)21(16(3)12-14)19-13-22(5,6)20-10-8-7-9-18(20)17(19)4/h14-21H,7-13H2,1-6H3. The zero-order valence-electron chi connectivity index (χ0n) is 16.1. The van der Waals surface area contributed by atoms with Crippen LogP contribution in [0.15, 0.2) is 0 Å². The summed E-state index contributed by atoms with van der Waals surface area (Å²) in [7, 11) is 0. The summed E-state index contributed by atoms with van der Waals surface area (Å²) in [6.07, 6.45) is 10.5. The van der Waals surface area contributed by atoms with Crippen LogP contribution in [0.5, 0.6) is 0 Å². The van der Waals surface area contributed by atoms with Crippen LogP contribution in [-0.4, -0.2) is 0 Å². The number of rotatable bonds is 1. The SMILES string of the molecule is CC1CC(C)C(C2CC(C)(C)C3CCCCC3C2C)C(C)C1. The van der Waals surface area contributed by atoms with E-state index in [9.17, 15) is 0 Å². The smallest absolute Gasteiger partial charge is 0.0320 e. The second-order valence-electron chi connectivity index (χ2n) is 10.4. The molecule has 0 aliphatic heterocycles. The average Bonchev–Trinajstić information content (AvgIpc) is 2.43. The second kappa shape index (κ2) is 6.14. The van der Waals surface area contributed by atoms with Crippen LogP contribution < -0.4 is 0 Å². The fourth-order valence-corrected chi connectivity index (χ4v) is 7.59. The van der Waals surface area contributed by atoms with Crippen LogP contribution in [0, 0.1) is 52.8 Å². The fourth-order valence-electron chi connectivity index (χ4n) is 7.59. The Hall–Kier alpha value is 0. The van der Waals surface area contributed by atoms with Crippen molar-refractivity contribution >= 4 is 0 Å². The summed E-state index contributed by atoms with van der Waals surface area (Å²) < 4.78 is 0.